The maximum Gasteiger partial charge on any atom is 0.329 e. The summed E-state index contributed by atoms with van der Waals surface area (Å²) in [5, 5.41) is 0.164. The van der Waals surface area contributed by atoms with Gasteiger partial charge < -0.3 is 10.6 Å². The number of anilines is 1. The van der Waals surface area contributed by atoms with E-state index in [0.717, 1.165) is 18.9 Å². The number of rotatable bonds is 2. The Labute approximate surface area is 163 Å². The number of nitrogens with one attached hydrogen (secondary N) is 1. The Balaban J connectivity index is 1.74. The molecule has 154 valence electrons. The summed E-state index contributed by atoms with van der Waals surface area (Å²) in [7, 11) is 0. The molecule has 2 aromatic rings. The molecule has 1 aromatic carbocycles. The van der Waals surface area contributed by atoms with Gasteiger partial charge in [-0.3, -0.25) is 14.3 Å². The summed E-state index contributed by atoms with van der Waals surface area (Å²) in [6, 6.07) is -1.36. The van der Waals surface area contributed by atoms with Crippen LogP contribution in [0.3, 0.4) is 0 Å². The van der Waals surface area contributed by atoms with Gasteiger partial charge in [0.05, 0.1) is 22.6 Å². The number of fused-ring (bicyclic) bond motifs is 2. The van der Waals surface area contributed by atoms with E-state index < -0.39 is 34.9 Å². The van der Waals surface area contributed by atoms with Gasteiger partial charge in [0.2, 0.25) is 0 Å². The van der Waals surface area contributed by atoms with Gasteiger partial charge in [-0.25, -0.2) is 18.0 Å². The van der Waals surface area contributed by atoms with E-state index in [-0.39, 0.29) is 35.8 Å². The van der Waals surface area contributed by atoms with Crippen molar-refractivity contribution < 1.29 is 13.2 Å². The van der Waals surface area contributed by atoms with Crippen LogP contribution in [0, 0.1) is 25.6 Å². The van der Waals surface area contributed by atoms with Crippen molar-refractivity contribution in [2.45, 2.75) is 44.7 Å². The highest BCUT2D eigenvalue weighted by Crippen LogP contribution is 2.45. The molecule has 3 aliphatic rings. The lowest BCUT2D eigenvalue weighted by Gasteiger charge is -2.27. The Kier molecular flexibility index (Phi) is 3.66. The van der Waals surface area contributed by atoms with Crippen LogP contribution in [0.25, 0.3) is 10.9 Å². The van der Waals surface area contributed by atoms with E-state index in [1.807, 2.05) is 0 Å². The second-order valence-electron chi connectivity index (χ2n) is 8.40. The molecule has 0 radical (unpaired) electrons. The molecule has 0 amide bonds. The second-order valence-corrected chi connectivity index (χ2v) is 8.40. The van der Waals surface area contributed by atoms with E-state index in [1.165, 1.54) is 11.5 Å². The van der Waals surface area contributed by atoms with Crippen molar-refractivity contribution in [3.8, 4) is 0 Å². The highest BCUT2D eigenvalue weighted by molar-refractivity contribution is 5.90. The van der Waals surface area contributed by atoms with E-state index in [4.69, 9.17) is 5.73 Å². The molecule has 2 unspecified atom stereocenters. The normalized spacial score (nSPS) is 25.6. The van der Waals surface area contributed by atoms with Crippen LogP contribution in [0.15, 0.2) is 21.2 Å². The van der Waals surface area contributed by atoms with Gasteiger partial charge in [-0.15, -0.1) is 0 Å². The van der Waals surface area contributed by atoms with E-state index in [1.54, 1.807) is 11.8 Å². The SMILES string of the molecule is Cc1c(F)c(N2CC3=CC(F)(F)C(N)C3C2)c(C)c2c1c(=O)[nH]c(=O)n2C1CC1. The van der Waals surface area contributed by atoms with E-state index in [0.29, 0.717) is 16.7 Å². The van der Waals surface area contributed by atoms with Crippen molar-refractivity contribution in [2.75, 3.05) is 18.0 Å². The molecule has 0 spiro atoms. The molecule has 1 aromatic heterocycles. The monoisotopic (exact) mass is 406 g/mol. The quantitative estimate of drug-likeness (QED) is 0.749. The van der Waals surface area contributed by atoms with Gasteiger partial charge in [0.25, 0.3) is 11.5 Å². The Bertz CT molecular complexity index is 1210. The third-order valence-corrected chi connectivity index (χ3v) is 6.52. The molecule has 6 nitrogen and oxygen atoms in total. The van der Waals surface area contributed by atoms with Crippen LogP contribution in [-0.4, -0.2) is 34.6 Å². The zero-order valence-electron chi connectivity index (χ0n) is 16.1. The van der Waals surface area contributed by atoms with E-state index in [9.17, 15) is 18.4 Å². The van der Waals surface area contributed by atoms with Crippen molar-refractivity contribution in [3.05, 3.63) is 49.4 Å². The summed E-state index contributed by atoms with van der Waals surface area (Å²) in [5.41, 5.74) is 6.41. The van der Waals surface area contributed by atoms with Gasteiger partial charge in [0.15, 0.2) is 5.82 Å². The number of aromatic nitrogens is 2. The fourth-order valence-corrected chi connectivity index (χ4v) is 4.92. The number of aromatic amines is 1. The average Bonchev–Trinajstić information content (AvgIpc) is 3.35. The first kappa shape index (κ1) is 18.5. The molecule has 0 bridgehead atoms. The van der Waals surface area contributed by atoms with Crippen LogP contribution in [0.1, 0.15) is 30.0 Å². The van der Waals surface area contributed by atoms with Gasteiger partial charge >= 0.3 is 5.69 Å². The average molecular weight is 406 g/mol. The second kappa shape index (κ2) is 5.75. The summed E-state index contributed by atoms with van der Waals surface area (Å²) < 4.78 is 44.7. The highest BCUT2D eigenvalue weighted by Gasteiger charge is 2.51. The van der Waals surface area contributed by atoms with Crippen molar-refractivity contribution >= 4 is 16.6 Å². The molecule has 29 heavy (non-hydrogen) atoms. The molecular formula is C20H21F3N4O2. The fraction of sp³-hybridized carbons (Fsp3) is 0.500. The standard InChI is InChI=1S/C20H21F3N4O2/c1-8-13-15(27(11-3-4-11)19(29)25-18(13)28)9(2)16(14(8)21)26-6-10-5-20(22,23)17(24)12(10)7-26/h5,11-12,17H,3-4,6-7,24H2,1-2H3,(H,25,28,29). The zero-order chi connectivity index (χ0) is 20.8. The number of halogens is 3. The molecule has 1 saturated heterocycles. The maximum absolute atomic E-state index is 15.4. The molecule has 3 N–H and O–H groups in total. The number of aryl methyl sites for hydroxylation is 2. The van der Waals surface area contributed by atoms with Crippen LogP contribution in [-0.2, 0) is 0 Å². The van der Waals surface area contributed by atoms with Crippen molar-refractivity contribution in [1.82, 2.24) is 9.55 Å². The number of benzene rings is 1. The summed E-state index contributed by atoms with van der Waals surface area (Å²) in [4.78, 5) is 28.9. The third kappa shape index (κ3) is 2.46. The van der Waals surface area contributed by atoms with Crippen molar-refractivity contribution in [3.63, 3.8) is 0 Å². The first-order chi connectivity index (χ1) is 13.6. The largest absolute Gasteiger partial charge is 0.364 e. The lowest BCUT2D eigenvalue weighted by Crippen LogP contribution is -2.43. The van der Waals surface area contributed by atoms with Gasteiger partial charge in [-0.1, -0.05) is 0 Å². The van der Waals surface area contributed by atoms with Crippen LogP contribution in [0.5, 0.6) is 0 Å². The number of nitrogens with zero attached hydrogens (tertiary/aromatic N) is 2. The number of nitrogens with two attached hydrogens (primary N) is 1. The minimum Gasteiger partial charge on any atom is -0.364 e. The Morgan fingerprint density at radius 3 is 2.52 bits per heavy atom. The van der Waals surface area contributed by atoms with Gasteiger partial charge in [0.1, 0.15) is 0 Å². The molecule has 9 heteroatoms. The number of H-pyrrole nitrogens is 1. The molecule has 2 heterocycles. The molecule has 1 saturated carbocycles. The van der Waals surface area contributed by atoms with Crippen molar-refractivity contribution in [2.24, 2.45) is 11.7 Å². The number of hydrogen-bond donors (Lipinski definition) is 2. The fourth-order valence-electron chi connectivity index (χ4n) is 4.92. The zero-order valence-corrected chi connectivity index (χ0v) is 16.1. The summed E-state index contributed by atoms with van der Waals surface area (Å²) in [6.07, 6.45) is 2.53. The third-order valence-electron chi connectivity index (χ3n) is 6.52. The Morgan fingerprint density at radius 2 is 1.90 bits per heavy atom. The number of alkyl halides is 2. The van der Waals surface area contributed by atoms with E-state index in [2.05, 4.69) is 4.98 Å². The van der Waals surface area contributed by atoms with Crippen LogP contribution >= 0.6 is 0 Å². The molecule has 1 aliphatic heterocycles. The van der Waals surface area contributed by atoms with Crippen LogP contribution in [0.2, 0.25) is 0 Å². The van der Waals surface area contributed by atoms with Gasteiger partial charge in [0, 0.05) is 36.2 Å². The highest BCUT2D eigenvalue weighted by atomic mass is 19.3. The van der Waals surface area contributed by atoms with Crippen LogP contribution in [0.4, 0.5) is 18.9 Å². The van der Waals surface area contributed by atoms with Gasteiger partial charge in [-0.05, 0) is 38.3 Å². The Hall–Kier alpha value is -2.55. The molecule has 5 rings (SSSR count). The summed E-state index contributed by atoms with van der Waals surface area (Å²) >= 11 is 0. The summed E-state index contributed by atoms with van der Waals surface area (Å²) in [6.45, 7) is 3.50. The van der Waals surface area contributed by atoms with Crippen molar-refractivity contribution in [1.29, 1.82) is 0 Å². The molecule has 2 atom stereocenters. The number of hydrogen-bond acceptors (Lipinski definition) is 4. The minimum atomic E-state index is -3.06. The first-order valence-electron chi connectivity index (χ1n) is 9.69. The molecule has 2 fully saturated rings. The van der Waals surface area contributed by atoms with Gasteiger partial charge in [-0.2, -0.15) is 0 Å². The first-order valence-corrected chi connectivity index (χ1v) is 9.69. The molecular weight excluding hydrogens is 385 g/mol. The maximum atomic E-state index is 15.4. The Morgan fingerprint density at radius 1 is 1.21 bits per heavy atom. The lowest BCUT2D eigenvalue weighted by molar-refractivity contribution is 0.0262. The molecule has 2 aliphatic carbocycles. The topological polar surface area (TPSA) is 84.1 Å². The predicted molar refractivity (Wildman–Crippen MR) is 103 cm³/mol. The lowest BCUT2D eigenvalue weighted by atomic mass is 10.00. The smallest absolute Gasteiger partial charge is 0.329 e. The summed E-state index contributed by atoms with van der Waals surface area (Å²) in [5.74, 6) is -4.18. The van der Waals surface area contributed by atoms with E-state index >= 15 is 4.39 Å². The minimum absolute atomic E-state index is 0.0222. The van der Waals surface area contributed by atoms with Crippen LogP contribution < -0.4 is 21.9 Å². The predicted octanol–water partition coefficient (Wildman–Crippen LogP) is 2.12.